The zero-order valence-corrected chi connectivity index (χ0v) is 13.3. The van der Waals surface area contributed by atoms with Crippen molar-refractivity contribution < 1.29 is 4.74 Å². The Balaban J connectivity index is 1.64. The van der Waals surface area contributed by atoms with Crippen LogP contribution in [0.1, 0.15) is 12.8 Å². The standard InChI is InChI=1S/C16H25ClN2O/c1-18(2)13-14-6-8-19(9-7-14)10-11-20-16-5-3-4-15(17)12-16/h3-5,12,14H,6-11,13H2,1-2H3. The molecule has 0 aliphatic carbocycles. The van der Waals surface area contributed by atoms with E-state index in [-0.39, 0.29) is 0 Å². The Morgan fingerprint density at radius 2 is 2.05 bits per heavy atom. The summed E-state index contributed by atoms with van der Waals surface area (Å²) >= 11 is 5.94. The van der Waals surface area contributed by atoms with Crippen LogP contribution in [-0.4, -0.2) is 56.7 Å². The van der Waals surface area contributed by atoms with Crippen LogP contribution >= 0.6 is 11.6 Å². The van der Waals surface area contributed by atoms with Gasteiger partial charge < -0.3 is 9.64 Å². The molecule has 0 atom stereocenters. The molecule has 1 aliphatic rings. The minimum atomic E-state index is 0.729. The number of hydrogen-bond donors (Lipinski definition) is 0. The summed E-state index contributed by atoms with van der Waals surface area (Å²) in [5.41, 5.74) is 0. The third-order valence-corrected chi connectivity index (χ3v) is 4.04. The predicted octanol–water partition coefficient (Wildman–Crippen LogP) is 2.99. The summed E-state index contributed by atoms with van der Waals surface area (Å²) in [5.74, 6) is 1.72. The molecule has 1 saturated heterocycles. The second kappa shape index (κ2) is 7.87. The van der Waals surface area contributed by atoms with Crippen molar-refractivity contribution in [3.8, 4) is 5.75 Å². The Hall–Kier alpha value is -0.770. The molecule has 112 valence electrons. The number of halogens is 1. The van der Waals surface area contributed by atoms with E-state index in [1.165, 1.54) is 32.5 Å². The van der Waals surface area contributed by atoms with Gasteiger partial charge in [0.1, 0.15) is 12.4 Å². The summed E-state index contributed by atoms with van der Waals surface area (Å²) in [6.45, 7) is 5.33. The van der Waals surface area contributed by atoms with Crippen LogP contribution in [0.4, 0.5) is 0 Å². The minimum absolute atomic E-state index is 0.729. The second-order valence-electron chi connectivity index (χ2n) is 5.85. The van der Waals surface area contributed by atoms with Crippen molar-refractivity contribution >= 4 is 11.6 Å². The van der Waals surface area contributed by atoms with Gasteiger partial charge in [0.15, 0.2) is 0 Å². The molecular weight excluding hydrogens is 272 g/mol. The number of hydrogen-bond acceptors (Lipinski definition) is 3. The maximum atomic E-state index is 5.94. The normalized spacial score (nSPS) is 17.6. The van der Waals surface area contributed by atoms with Gasteiger partial charge in [-0.1, -0.05) is 17.7 Å². The number of likely N-dealkylation sites (tertiary alicyclic amines) is 1. The lowest BCUT2D eigenvalue weighted by molar-refractivity contribution is 0.141. The fourth-order valence-corrected chi connectivity index (χ4v) is 2.94. The Morgan fingerprint density at radius 3 is 2.70 bits per heavy atom. The van der Waals surface area contributed by atoms with Crippen LogP contribution in [0.25, 0.3) is 0 Å². The van der Waals surface area contributed by atoms with Gasteiger partial charge in [-0.05, 0) is 64.1 Å². The predicted molar refractivity (Wildman–Crippen MR) is 84.7 cm³/mol. The van der Waals surface area contributed by atoms with E-state index in [0.29, 0.717) is 0 Å². The molecular formula is C16H25ClN2O. The Kier molecular flexibility index (Phi) is 6.14. The van der Waals surface area contributed by atoms with Gasteiger partial charge in [0.05, 0.1) is 0 Å². The lowest BCUT2D eigenvalue weighted by Crippen LogP contribution is -2.39. The summed E-state index contributed by atoms with van der Waals surface area (Å²) in [6, 6.07) is 7.61. The molecule has 0 unspecified atom stereocenters. The van der Waals surface area contributed by atoms with E-state index in [4.69, 9.17) is 16.3 Å². The minimum Gasteiger partial charge on any atom is -0.492 e. The first-order valence-corrected chi connectivity index (χ1v) is 7.77. The van der Waals surface area contributed by atoms with Crippen molar-refractivity contribution in [1.29, 1.82) is 0 Å². The molecule has 1 fully saturated rings. The summed E-state index contributed by atoms with van der Waals surface area (Å²) in [5, 5.41) is 0.729. The van der Waals surface area contributed by atoms with Crippen LogP contribution in [-0.2, 0) is 0 Å². The molecule has 0 bridgehead atoms. The van der Waals surface area contributed by atoms with Crippen molar-refractivity contribution in [3.05, 3.63) is 29.3 Å². The van der Waals surface area contributed by atoms with Gasteiger partial charge in [-0.25, -0.2) is 0 Å². The van der Waals surface area contributed by atoms with Crippen LogP contribution in [0.15, 0.2) is 24.3 Å². The monoisotopic (exact) mass is 296 g/mol. The maximum Gasteiger partial charge on any atom is 0.120 e. The van der Waals surface area contributed by atoms with E-state index in [0.717, 1.165) is 29.8 Å². The van der Waals surface area contributed by atoms with Gasteiger partial charge in [0.25, 0.3) is 0 Å². The van der Waals surface area contributed by atoms with Crippen LogP contribution in [0.3, 0.4) is 0 Å². The van der Waals surface area contributed by atoms with Crippen LogP contribution in [0.5, 0.6) is 5.75 Å². The largest absolute Gasteiger partial charge is 0.492 e. The van der Waals surface area contributed by atoms with E-state index < -0.39 is 0 Å². The summed E-state index contributed by atoms with van der Waals surface area (Å²) < 4.78 is 5.75. The average molecular weight is 297 g/mol. The van der Waals surface area contributed by atoms with Gasteiger partial charge in [-0.3, -0.25) is 4.90 Å². The number of nitrogens with zero attached hydrogens (tertiary/aromatic N) is 2. The molecule has 2 rings (SSSR count). The highest BCUT2D eigenvalue weighted by molar-refractivity contribution is 6.30. The van der Waals surface area contributed by atoms with Gasteiger partial charge in [0, 0.05) is 18.1 Å². The molecule has 1 heterocycles. The highest BCUT2D eigenvalue weighted by Crippen LogP contribution is 2.19. The van der Waals surface area contributed by atoms with Crippen molar-refractivity contribution in [2.24, 2.45) is 5.92 Å². The molecule has 3 nitrogen and oxygen atoms in total. The molecule has 0 saturated carbocycles. The average Bonchev–Trinajstić information content (AvgIpc) is 2.40. The molecule has 4 heteroatoms. The molecule has 0 aromatic heterocycles. The fraction of sp³-hybridized carbons (Fsp3) is 0.625. The highest BCUT2D eigenvalue weighted by atomic mass is 35.5. The van der Waals surface area contributed by atoms with E-state index in [9.17, 15) is 0 Å². The molecule has 0 radical (unpaired) electrons. The van der Waals surface area contributed by atoms with Crippen molar-refractivity contribution in [2.45, 2.75) is 12.8 Å². The van der Waals surface area contributed by atoms with Crippen molar-refractivity contribution in [3.63, 3.8) is 0 Å². The number of rotatable bonds is 6. The molecule has 1 aliphatic heterocycles. The number of benzene rings is 1. The Morgan fingerprint density at radius 1 is 1.30 bits per heavy atom. The second-order valence-corrected chi connectivity index (χ2v) is 6.29. The van der Waals surface area contributed by atoms with E-state index >= 15 is 0 Å². The van der Waals surface area contributed by atoms with Crippen LogP contribution < -0.4 is 4.74 Å². The van der Waals surface area contributed by atoms with E-state index in [2.05, 4.69) is 23.9 Å². The zero-order chi connectivity index (χ0) is 14.4. The van der Waals surface area contributed by atoms with Gasteiger partial charge >= 0.3 is 0 Å². The summed E-state index contributed by atoms with van der Waals surface area (Å²) in [4.78, 5) is 4.79. The lowest BCUT2D eigenvalue weighted by atomic mass is 9.96. The Bertz CT molecular complexity index is 403. The number of piperidine rings is 1. The van der Waals surface area contributed by atoms with Gasteiger partial charge in [-0.15, -0.1) is 0 Å². The molecule has 0 spiro atoms. The SMILES string of the molecule is CN(C)CC1CCN(CCOc2cccc(Cl)c2)CC1. The quantitative estimate of drug-likeness (QED) is 0.803. The highest BCUT2D eigenvalue weighted by Gasteiger charge is 2.19. The molecule has 20 heavy (non-hydrogen) atoms. The first-order chi connectivity index (χ1) is 9.63. The lowest BCUT2D eigenvalue weighted by Gasteiger charge is -2.33. The topological polar surface area (TPSA) is 15.7 Å². The molecule has 1 aromatic carbocycles. The van der Waals surface area contributed by atoms with Gasteiger partial charge in [0.2, 0.25) is 0 Å². The van der Waals surface area contributed by atoms with Crippen LogP contribution in [0, 0.1) is 5.92 Å². The summed E-state index contributed by atoms with van der Waals surface area (Å²) in [6.07, 6.45) is 2.60. The van der Waals surface area contributed by atoms with E-state index in [1.54, 1.807) is 0 Å². The molecule has 0 N–H and O–H groups in total. The summed E-state index contributed by atoms with van der Waals surface area (Å²) in [7, 11) is 4.32. The maximum absolute atomic E-state index is 5.94. The van der Waals surface area contributed by atoms with Crippen molar-refractivity contribution in [2.75, 3.05) is 46.9 Å². The molecule has 0 amide bonds. The van der Waals surface area contributed by atoms with Crippen LogP contribution in [0.2, 0.25) is 5.02 Å². The van der Waals surface area contributed by atoms with E-state index in [1.807, 2.05) is 24.3 Å². The van der Waals surface area contributed by atoms with Crippen molar-refractivity contribution in [1.82, 2.24) is 9.80 Å². The Labute approximate surface area is 127 Å². The number of ether oxygens (including phenoxy) is 1. The third kappa shape index (κ3) is 5.31. The first kappa shape index (κ1) is 15.6. The zero-order valence-electron chi connectivity index (χ0n) is 12.5. The first-order valence-electron chi connectivity index (χ1n) is 7.39. The van der Waals surface area contributed by atoms with Gasteiger partial charge in [-0.2, -0.15) is 0 Å². The third-order valence-electron chi connectivity index (χ3n) is 3.80. The fourth-order valence-electron chi connectivity index (χ4n) is 2.76. The smallest absolute Gasteiger partial charge is 0.120 e. The molecule has 1 aromatic rings.